The number of ether oxygens (including phenoxy) is 4. The number of carbonyl (C=O) groups is 2. The summed E-state index contributed by atoms with van der Waals surface area (Å²) in [5, 5.41) is 0. The lowest BCUT2D eigenvalue weighted by atomic mass is 9.77. The molecule has 1 aliphatic carbocycles. The molecule has 4 rings (SSSR count). The van der Waals surface area contributed by atoms with Crippen molar-refractivity contribution in [3.63, 3.8) is 0 Å². The number of esters is 1. The van der Waals surface area contributed by atoms with Gasteiger partial charge in [0.05, 0.1) is 26.4 Å². The number of carbonyl (C=O) groups excluding carboxylic acids is 2. The normalized spacial score (nSPS) is 19.7. The topological polar surface area (TPSA) is 74.3 Å². The Labute approximate surface area is 181 Å². The standard InChI is InChI=1S/C24H27NO6/c1-6-30-22-18(31-14(2)26)8-7-16-13-24(23(27)21(16)22)17-12-20(29-5)19(28-4)11-15(17)9-10-25(24)3/h7-8,11-12H,6,9-10,13H2,1-5H3. The zero-order valence-corrected chi connectivity index (χ0v) is 18.5. The molecule has 164 valence electrons. The van der Waals surface area contributed by atoms with Crippen molar-refractivity contribution in [1.29, 1.82) is 0 Å². The van der Waals surface area contributed by atoms with Crippen molar-refractivity contribution >= 4 is 11.8 Å². The maximum absolute atomic E-state index is 14.1. The van der Waals surface area contributed by atoms with Crippen LogP contribution in [0, 0.1) is 0 Å². The minimum absolute atomic E-state index is 0.0596. The summed E-state index contributed by atoms with van der Waals surface area (Å²) in [5.41, 5.74) is 2.46. The third kappa shape index (κ3) is 3.15. The fourth-order valence-corrected chi connectivity index (χ4v) is 4.81. The third-order valence-electron chi connectivity index (χ3n) is 6.22. The monoisotopic (exact) mass is 425 g/mol. The smallest absolute Gasteiger partial charge is 0.308 e. The van der Waals surface area contributed by atoms with Gasteiger partial charge in [0.15, 0.2) is 28.8 Å². The van der Waals surface area contributed by atoms with Gasteiger partial charge in [0.2, 0.25) is 0 Å². The van der Waals surface area contributed by atoms with Crippen molar-refractivity contribution in [3.8, 4) is 23.0 Å². The number of likely N-dealkylation sites (N-methyl/N-ethyl adjacent to an activating group) is 1. The highest BCUT2D eigenvalue weighted by atomic mass is 16.6. The first-order valence-corrected chi connectivity index (χ1v) is 10.4. The lowest BCUT2D eigenvalue weighted by Crippen LogP contribution is -2.52. The minimum atomic E-state index is -0.879. The van der Waals surface area contributed by atoms with E-state index in [0.29, 0.717) is 35.8 Å². The third-order valence-corrected chi connectivity index (χ3v) is 6.22. The predicted octanol–water partition coefficient (Wildman–Crippen LogP) is 3.15. The van der Waals surface area contributed by atoms with Crippen molar-refractivity contribution in [2.24, 2.45) is 0 Å². The molecular formula is C24H27NO6. The van der Waals surface area contributed by atoms with Crippen LogP contribution in [0.3, 0.4) is 0 Å². The number of fused-ring (bicyclic) bond motifs is 3. The maximum Gasteiger partial charge on any atom is 0.308 e. The molecule has 0 fully saturated rings. The molecule has 2 aromatic carbocycles. The van der Waals surface area contributed by atoms with Crippen molar-refractivity contribution in [2.45, 2.75) is 32.2 Å². The van der Waals surface area contributed by atoms with Crippen LogP contribution in [0.1, 0.15) is 40.9 Å². The van der Waals surface area contributed by atoms with E-state index in [1.807, 2.05) is 32.2 Å². The molecule has 1 aliphatic heterocycles. The highest BCUT2D eigenvalue weighted by Gasteiger charge is 2.54. The summed E-state index contributed by atoms with van der Waals surface area (Å²) in [7, 11) is 5.17. The van der Waals surface area contributed by atoms with Gasteiger partial charge in [-0.2, -0.15) is 0 Å². The summed E-state index contributed by atoms with van der Waals surface area (Å²) in [6.07, 6.45) is 1.30. The van der Waals surface area contributed by atoms with Gasteiger partial charge in [-0.05, 0) is 55.3 Å². The number of ketones is 1. The average molecular weight is 425 g/mol. The number of hydrogen-bond donors (Lipinski definition) is 0. The first kappa shape index (κ1) is 21.2. The molecular weight excluding hydrogens is 398 g/mol. The summed E-state index contributed by atoms with van der Waals surface area (Å²) < 4.78 is 22.2. The van der Waals surface area contributed by atoms with E-state index in [-0.39, 0.29) is 11.5 Å². The van der Waals surface area contributed by atoms with E-state index in [1.54, 1.807) is 20.3 Å². The second-order valence-electron chi connectivity index (χ2n) is 7.86. The Balaban J connectivity index is 1.92. The van der Waals surface area contributed by atoms with Gasteiger partial charge in [0.1, 0.15) is 5.54 Å². The first-order valence-electron chi connectivity index (χ1n) is 10.4. The van der Waals surface area contributed by atoms with E-state index < -0.39 is 11.5 Å². The molecule has 31 heavy (non-hydrogen) atoms. The van der Waals surface area contributed by atoms with Crippen LogP contribution in [-0.2, 0) is 23.2 Å². The summed E-state index contributed by atoms with van der Waals surface area (Å²) in [6, 6.07) is 7.44. The van der Waals surface area contributed by atoms with Gasteiger partial charge >= 0.3 is 5.97 Å². The molecule has 2 aromatic rings. The number of hydrogen-bond acceptors (Lipinski definition) is 7. The highest BCUT2D eigenvalue weighted by Crippen LogP contribution is 2.51. The lowest BCUT2D eigenvalue weighted by Gasteiger charge is -2.43. The Bertz CT molecular complexity index is 1060. The lowest BCUT2D eigenvalue weighted by molar-refractivity contribution is -0.132. The zero-order chi connectivity index (χ0) is 22.3. The number of benzene rings is 2. The molecule has 1 unspecified atom stereocenters. The van der Waals surface area contributed by atoms with E-state index in [1.165, 1.54) is 6.92 Å². The van der Waals surface area contributed by atoms with Gasteiger partial charge in [0, 0.05) is 19.9 Å². The van der Waals surface area contributed by atoms with E-state index in [4.69, 9.17) is 18.9 Å². The summed E-state index contributed by atoms with van der Waals surface area (Å²) in [6.45, 7) is 4.24. The van der Waals surface area contributed by atoms with Crippen LogP contribution in [0.15, 0.2) is 24.3 Å². The Kier molecular flexibility index (Phi) is 5.39. The molecule has 0 N–H and O–H groups in total. The van der Waals surface area contributed by atoms with Crippen LogP contribution in [0.5, 0.6) is 23.0 Å². The number of nitrogens with zero attached hydrogens (tertiary/aromatic N) is 1. The van der Waals surface area contributed by atoms with Crippen LogP contribution in [0.4, 0.5) is 0 Å². The summed E-state index contributed by atoms with van der Waals surface area (Å²) >= 11 is 0. The van der Waals surface area contributed by atoms with Crippen molar-refractivity contribution in [1.82, 2.24) is 4.90 Å². The van der Waals surface area contributed by atoms with Gasteiger partial charge < -0.3 is 18.9 Å². The maximum atomic E-state index is 14.1. The first-order chi connectivity index (χ1) is 14.9. The second-order valence-corrected chi connectivity index (χ2v) is 7.86. The molecule has 0 bridgehead atoms. The molecule has 0 aromatic heterocycles. The SMILES string of the molecule is CCOc1c(OC(C)=O)ccc2c1C(=O)C1(C2)c2cc(OC)c(OC)cc2CCN1C. The molecule has 0 amide bonds. The molecule has 7 nitrogen and oxygen atoms in total. The van der Waals surface area contributed by atoms with E-state index >= 15 is 0 Å². The van der Waals surface area contributed by atoms with E-state index in [9.17, 15) is 9.59 Å². The molecule has 0 saturated heterocycles. The predicted molar refractivity (Wildman–Crippen MR) is 115 cm³/mol. The Morgan fingerprint density at radius 2 is 1.81 bits per heavy atom. The summed E-state index contributed by atoms with van der Waals surface area (Å²) in [5.74, 6) is 1.32. The van der Waals surface area contributed by atoms with Crippen molar-refractivity contribution in [2.75, 3.05) is 34.4 Å². The Hall–Kier alpha value is -3.06. The molecule has 1 heterocycles. The van der Waals surface area contributed by atoms with Gasteiger partial charge in [-0.1, -0.05) is 6.07 Å². The van der Waals surface area contributed by atoms with Gasteiger partial charge in [0.25, 0.3) is 0 Å². The molecule has 1 atom stereocenters. The molecule has 7 heteroatoms. The fourth-order valence-electron chi connectivity index (χ4n) is 4.81. The van der Waals surface area contributed by atoms with E-state index in [0.717, 1.165) is 29.7 Å². The van der Waals surface area contributed by atoms with Crippen LogP contribution >= 0.6 is 0 Å². The average Bonchev–Trinajstić information content (AvgIpc) is 3.05. The van der Waals surface area contributed by atoms with Crippen molar-refractivity contribution in [3.05, 3.63) is 46.5 Å². The largest absolute Gasteiger partial charge is 0.493 e. The van der Waals surface area contributed by atoms with Gasteiger partial charge in [-0.25, -0.2) is 0 Å². The molecule has 0 saturated carbocycles. The number of methoxy groups -OCH3 is 2. The van der Waals surface area contributed by atoms with Crippen LogP contribution in [0.25, 0.3) is 0 Å². The van der Waals surface area contributed by atoms with Crippen LogP contribution < -0.4 is 18.9 Å². The van der Waals surface area contributed by atoms with Crippen molar-refractivity contribution < 1.29 is 28.5 Å². The van der Waals surface area contributed by atoms with Crippen LogP contribution in [0.2, 0.25) is 0 Å². The minimum Gasteiger partial charge on any atom is -0.493 e. The second kappa shape index (κ2) is 7.89. The zero-order valence-electron chi connectivity index (χ0n) is 18.5. The molecule has 1 spiro atoms. The van der Waals surface area contributed by atoms with Gasteiger partial charge in [-0.15, -0.1) is 0 Å². The highest BCUT2D eigenvalue weighted by molar-refractivity contribution is 6.11. The fraction of sp³-hybridized carbons (Fsp3) is 0.417. The Morgan fingerprint density at radius 3 is 2.45 bits per heavy atom. The Morgan fingerprint density at radius 1 is 1.10 bits per heavy atom. The molecule has 0 radical (unpaired) electrons. The summed E-state index contributed by atoms with van der Waals surface area (Å²) in [4.78, 5) is 27.8. The van der Waals surface area contributed by atoms with Crippen LogP contribution in [-0.4, -0.2) is 51.1 Å². The molecule has 2 aliphatic rings. The quantitative estimate of drug-likeness (QED) is 0.538. The number of rotatable bonds is 5. The van der Waals surface area contributed by atoms with E-state index in [2.05, 4.69) is 4.90 Å². The van der Waals surface area contributed by atoms with Gasteiger partial charge in [-0.3, -0.25) is 14.5 Å². The number of Topliss-reactive ketones (excluding diaryl/α,β-unsaturated/α-hetero) is 1.